The van der Waals surface area contributed by atoms with Crippen molar-refractivity contribution >= 4 is 27.5 Å². The summed E-state index contributed by atoms with van der Waals surface area (Å²) in [4.78, 5) is 32.8. The van der Waals surface area contributed by atoms with Crippen molar-refractivity contribution in [1.29, 1.82) is 0 Å². The second-order valence-electron chi connectivity index (χ2n) is 12.2. The molecule has 1 aromatic carbocycles. The van der Waals surface area contributed by atoms with Gasteiger partial charge in [0.2, 0.25) is 21.8 Å². The summed E-state index contributed by atoms with van der Waals surface area (Å²) in [5, 5.41) is 0. The molecule has 3 heterocycles. The predicted octanol–water partition coefficient (Wildman–Crippen LogP) is 3.25. The van der Waals surface area contributed by atoms with E-state index in [0.29, 0.717) is 43.3 Å². The number of carbonyl (C=O) groups excluding carboxylic acids is 2. The van der Waals surface area contributed by atoms with E-state index in [0.717, 1.165) is 50.3 Å². The van der Waals surface area contributed by atoms with Gasteiger partial charge in [0, 0.05) is 68.9 Å². The van der Waals surface area contributed by atoms with E-state index < -0.39 is 10.0 Å². The number of benzene rings is 1. The highest BCUT2D eigenvalue weighted by Gasteiger charge is 2.41. The number of carbonyl (C=O) groups is 2. The molecule has 2 aliphatic carbocycles. The van der Waals surface area contributed by atoms with E-state index in [1.54, 1.807) is 16.4 Å². The van der Waals surface area contributed by atoms with Gasteiger partial charge < -0.3 is 9.80 Å². The monoisotopic (exact) mass is 542 g/mol. The number of hydrogen-bond acceptors (Lipinski definition) is 5. The van der Waals surface area contributed by atoms with Crippen LogP contribution < -0.4 is 4.90 Å². The molecule has 0 N–H and O–H groups in total. The number of piperidine rings is 1. The normalized spacial score (nSPS) is 26.5. The summed E-state index contributed by atoms with van der Waals surface area (Å²) in [5.41, 5.74) is 1.80. The van der Waals surface area contributed by atoms with Crippen molar-refractivity contribution in [2.24, 2.45) is 11.8 Å². The van der Waals surface area contributed by atoms with Gasteiger partial charge in [-0.25, -0.2) is 8.42 Å². The fourth-order valence-electron chi connectivity index (χ4n) is 7.13. The van der Waals surface area contributed by atoms with E-state index in [2.05, 4.69) is 4.90 Å². The van der Waals surface area contributed by atoms with Crippen LogP contribution >= 0.6 is 0 Å². The predicted molar refractivity (Wildman–Crippen MR) is 146 cm³/mol. The van der Waals surface area contributed by atoms with Crippen LogP contribution in [0.25, 0.3) is 0 Å². The first-order valence-corrected chi connectivity index (χ1v) is 16.3. The fourth-order valence-corrected chi connectivity index (χ4v) is 8.66. The Balaban J connectivity index is 1.04. The van der Waals surface area contributed by atoms with E-state index in [9.17, 15) is 18.0 Å². The first-order chi connectivity index (χ1) is 18.3. The van der Waals surface area contributed by atoms with Gasteiger partial charge in [-0.05, 0) is 75.6 Å². The Morgan fingerprint density at radius 1 is 0.789 bits per heavy atom. The van der Waals surface area contributed by atoms with Crippen LogP contribution in [0.4, 0.5) is 5.69 Å². The second-order valence-corrected chi connectivity index (χ2v) is 14.1. The lowest BCUT2D eigenvalue weighted by Gasteiger charge is -2.42. The van der Waals surface area contributed by atoms with Crippen LogP contribution in [0.3, 0.4) is 0 Å². The van der Waals surface area contributed by atoms with Gasteiger partial charge in [0.1, 0.15) is 0 Å². The van der Waals surface area contributed by atoms with E-state index in [1.807, 2.05) is 22.8 Å². The first-order valence-electron chi connectivity index (χ1n) is 14.8. The summed E-state index contributed by atoms with van der Waals surface area (Å²) >= 11 is 0. The number of amides is 2. The molecular formula is C29H42N4O4S. The summed E-state index contributed by atoms with van der Waals surface area (Å²) < 4.78 is 28.6. The summed E-state index contributed by atoms with van der Waals surface area (Å²) in [5.74, 6) is 0.424. The van der Waals surface area contributed by atoms with Crippen molar-refractivity contribution in [2.75, 3.05) is 44.2 Å². The number of piperazine rings is 1. The molecule has 1 unspecified atom stereocenters. The highest BCUT2D eigenvalue weighted by molar-refractivity contribution is 7.89. The van der Waals surface area contributed by atoms with Gasteiger partial charge in [0.15, 0.2) is 0 Å². The second kappa shape index (κ2) is 10.5. The lowest BCUT2D eigenvalue weighted by molar-refractivity contribution is -0.139. The Morgan fingerprint density at radius 2 is 1.45 bits per heavy atom. The molecule has 6 rings (SSSR count). The topological polar surface area (TPSA) is 81.2 Å². The zero-order valence-electron chi connectivity index (χ0n) is 22.7. The molecule has 9 heteroatoms. The van der Waals surface area contributed by atoms with Crippen LogP contribution in [-0.4, -0.2) is 85.7 Å². The van der Waals surface area contributed by atoms with Crippen LogP contribution in [0.2, 0.25) is 0 Å². The van der Waals surface area contributed by atoms with E-state index in [4.69, 9.17) is 0 Å². The zero-order chi connectivity index (χ0) is 26.4. The molecule has 1 aromatic rings. The number of sulfonamides is 1. The lowest BCUT2D eigenvalue weighted by Crippen LogP contribution is -2.54. The van der Waals surface area contributed by atoms with Gasteiger partial charge in [0.25, 0.3) is 0 Å². The van der Waals surface area contributed by atoms with E-state index in [1.165, 1.54) is 32.1 Å². The smallest absolute Gasteiger partial charge is 0.243 e. The van der Waals surface area contributed by atoms with Crippen molar-refractivity contribution in [3.63, 3.8) is 0 Å². The Kier molecular flexibility index (Phi) is 7.29. The highest BCUT2D eigenvalue weighted by Crippen LogP contribution is 2.40. The third-order valence-electron chi connectivity index (χ3n) is 9.59. The standard InChI is InChI=1S/C29H42N4O4S/c1-21-19-24-20-26(9-10-27(24)33(21)29(35)22-7-8-22)38(36,37)32-13-11-23(12-14-32)28(34)31-17-15-30(16-18-31)25-5-3-2-4-6-25/h9-10,20-23,25H,2-8,11-19H2,1H3. The molecule has 2 saturated heterocycles. The van der Waals surface area contributed by atoms with Gasteiger partial charge in [-0.3, -0.25) is 14.5 Å². The molecular weight excluding hydrogens is 500 g/mol. The van der Waals surface area contributed by atoms with Crippen molar-refractivity contribution in [1.82, 2.24) is 14.1 Å². The molecule has 2 saturated carbocycles. The van der Waals surface area contributed by atoms with Crippen molar-refractivity contribution < 1.29 is 18.0 Å². The minimum absolute atomic E-state index is 0.0577. The van der Waals surface area contributed by atoms with Crippen LogP contribution in [0.5, 0.6) is 0 Å². The van der Waals surface area contributed by atoms with Crippen LogP contribution in [0, 0.1) is 11.8 Å². The quantitative estimate of drug-likeness (QED) is 0.571. The van der Waals surface area contributed by atoms with Crippen molar-refractivity contribution in [3.8, 4) is 0 Å². The Bertz CT molecular complexity index is 1160. The Morgan fingerprint density at radius 3 is 2.11 bits per heavy atom. The van der Waals surface area contributed by atoms with E-state index >= 15 is 0 Å². The lowest BCUT2D eigenvalue weighted by atomic mass is 9.93. The summed E-state index contributed by atoms with van der Waals surface area (Å²) in [6, 6.07) is 5.99. The third kappa shape index (κ3) is 5.02. The maximum atomic E-state index is 13.5. The highest BCUT2D eigenvalue weighted by atomic mass is 32.2. The molecule has 0 spiro atoms. The van der Waals surface area contributed by atoms with Gasteiger partial charge in [-0.1, -0.05) is 19.3 Å². The van der Waals surface area contributed by atoms with Crippen molar-refractivity contribution in [2.45, 2.75) is 88.1 Å². The third-order valence-corrected chi connectivity index (χ3v) is 11.5. The minimum Gasteiger partial charge on any atom is -0.340 e. The molecule has 2 amide bonds. The molecule has 208 valence electrons. The number of nitrogens with zero attached hydrogens (tertiary/aromatic N) is 4. The molecule has 0 aromatic heterocycles. The maximum absolute atomic E-state index is 13.5. The SMILES string of the molecule is CC1Cc2cc(S(=O)(=O)N3CCC(C(=O)N4CCN(C5CCCCC5)CC4)CC3)ccc2N1C(=O)C1CC1. The molecule has 0 radical (unpaired) electrons. The average molecular weight is 543 g/mol. The molecule has 4 fully saturated rings. The molecule has 1 atom stereocenters. The van der Waals surface area contributed by atoms with Gasteiger partial charge in [0.05, 0.1) is 4.90 Å². The minimum atomic E-state index is -3.64. The molecule has 38 heavy (non-hydrogen) atoms. The number of hydrogen-bond donors (Lipinski definition) is 0. The molecule has 0 bridgehead atoms. The number of anilines is 1. The van der Waals surface area contributed by atoms with Gasteiger partial charge in [-0.15, -0.1) is 0 Å². The molecule has 5 aliphatic rings. The van der Waals surface area contributed by atoms with E-state index in [-0.39, 0.29) is 29.7 Å². The number of rotatable bonds is 5. The Labute approximate surface area is 227 Å². The number of fused-ring (bicyclic) bond motifs is 1. The zero-order valence-corrected chi connectivity index (χ0v) is 23.5. The summed E-state index contributed by atoms with van der Waals surface area (Å²) in [7, 11) is -3.64. The van der Waals surface area contributed by atoms with Crippen LogP contribution in [-0.2, 0) is 26.0 Å². The Hall–Kier alpha value is -1.97. The first kappa shape index (κ1) is 26.3. The summed E-state index contributed by atoms with van der Waals surface area (Å²) in [6.45, 7) is 6.30. The fraction of sp³-hybridized carbons (Fsp3) is 0.724. The largest absolute Gasteiger partial charge is 0.340 e. The van der Waals surface area contributed by atoms with Gasteiger partial charge >= 0.3 is 0 Å². The molecule has 8 nitrogen and oxygen atoms in total. The molecule has 3 aliphatic heterocycles. The van der Waals surface area contributed by atoms with Gasteiger partial charge in [-0.2, -0.15) is 4.31 Å². The van der Waals surface area contributed by atoms with Crippen LogP contribution in [0.1, 0.15) is 70.3 Å². The van der Waals surface area contributed by atoms with Crippen LogP contribution in [0.15, 0.2) is 23.1 Å². The van der Waals surface area contributed by atoms with Crippen molar-refractivity contribution in [3.05, 3.63) is 23.8 Å². The maximum Gasteiger partial charge on any atom is 0.243 e. The summed E-state index contributed by atoms with van der Waals surface area (Å²) in [6.07, 6.45) is 10.3. The average Bonchev–Trinajstić information content (AvgIpc) is 3.75.